The molecule has 2 N–H and O–H groups in total. The average molecular weight is 333 g/mol. The molecule has 6 nitrogen and oxygen atoms in total. The molecule has 0 unspecified atom stereocenters. The average Bonchev–Trinajstić information content (AvgIpc) is 2.44. The summed E-state index contributed by atoms with van der Waals surface area (Å²) in [5.41, 5.74) is -0.0322. The number of hydrogen-bond acceptors (Lipinski definition) is 5. The lowest BCUT2D eigenvalue weighted by atomic mass is 10.2. The van der Waals surface area contributed by atoms with Crippen molar-refractivity contribution in [2.45, 2.75) is 23.5 Å². The van der Waals surface area contributed by atoms with E-state index in [2.05, 4.69) is 4.72 Å². The summed E-state index contributed by atoms with van der Waals surface area (Å²) in [6, 6.07) is 3.66. The van der Waals surface area contributed by atoms with Crippen molar-refractivity contribution in [1.82, 2.24) is 4.72 Å². The summed E-state index contributed by atoms with van der Waals surface area (Å²) >= 11 is 1.54. The van der Waals surface area contributed by atoms with E-state index in [0.29, 0.717) is 0 Å². The van der Waals surface area contributed by atoms with Gasteiger partial charge in [-0.2, -0.15) is 11.8 Å². The molecule has 0 radical (unpaired) electrons. The molecule has 21 heavy (non-hydrogen) atoms. The van der Waals surface area contributed by atoms with Crippen LogP contribution in [0.1, 0.15) is 24.2 Å². The Labute approximate surface area is 128 Å². The zero-order valence-corrected chi connectivity index (χ0v) is 14.0. The van der Waals surface area contributed by atoms with E-state index in [4.69, 9.17) is 9.84 Å². The van der Waals surface area contributed by atoms with Crippen LogP contribution in [-0.4, -0.2) is 44.2 Å². The monoisotopic (exact) mass is 333 g/mol. The van der Waals surface area contributed by atoms with E-state index in [1.807, 2.05) is 20.1 Å². The van der Waals surface area contributed by atoms with Gasteiger partial charge in [0.05, 0.1) is 12.7 Å². The van der Waals surface area contributed by atoms with Crippen LogP contribution in [0.4, 0.5) is 0 Å². The molecule has 0 aliphatic carbocycles. The van der Waals surface area contributed by atoms with E-state index in [1.165, 1.54) is 25.3 Å². The van der Waals surface area contributed by atoms with Crippen molar-refractivity contribution in [1.29, 1.82) is 0 Å². The second kappa shape index (κ2) is 6.67. The molecule has 118 valence electrons. The molecule has 0 fully saturated rings. The maximum absolute atomic E-state index is 12.3. The standard InChI is InChI=1S/C13H19NO5S2/c1-13(2,20-4)8-14-21(17,18)11-6-5-9(12(15)16)7-10(11)19-3/h5-7,14H,8H2,1-4H3,(H,15,16). The summed E-state index contributed by atoms with van der Waals surface area (Å²) in [5.74, 6) is -1.14. The van der Waals surface area contributed by atoms with Crippen molar-refractivity contribution in [2.24, 2.45) is 0 Å². The number of aromatic carboxylic acids is 1. The zero-order chi connectivity index (χ0) is 16.3. The minimum atomic E-state index is -3.77. The van der Waals surface area contributed by atoms with E-state index in [9.17, 15) is 13.2 Å². The van der Waals surface area contributed by atoms with Gasteiger partial charge in [0.15, 0.2) is 0 Å². The number of rotatable bonds is 7. The quantitative estimate of drug-likeness (QED) is 0.790. The SMILES string of the molecule is COc1cc(C(=O)O)ccc1S(=O)(=O)NCC(C)(C)SC. The molecule has 8 heteroatoms. The molecule has 0 atom stereocenters. The van der Waals surface area contributed by atoms with E-state index in [-0.39, 0.29) is 27.5 Å². The second-order valence-corrected chi connectivity index (χ2v) is 8.21. The molecule has 0 heterocycles. The highest BCUT2D eigenvalue weighted by molar-refractivity contribution is 8.00. The van der Waals surface area contributed by atoms with Gasteiger partial charge in [0.2, 0.25) is 10.0 Å². The molecular weight excluding hydrogens is 314 g/mol. The van der Waals surface area contributed by atoms with Gasteiger partial charge in [-0.3, -0.25) is 0 Å². The Morgan fingerprint density at radius 3 is 2.52 bits per heavy atom. The highest BCUT2D eigenvalue weighted by Crippen LogP contribution is 2.26. The van der Waals surface area contributed by atoms with Gasteiger partial charge >= 0.3 is 5.97 Å². The Kier molecular flexibility index (Phi) is 5.66. The topological polar surface area (TPSA) is 92.7 Å². The Morgan fingerprint density at radius 1 is 1.43 bits per heavy atom. The summed E-state index contributed by atoms with van der Waals surface area (Å²) in [6.45, 7) is 4.09. The third-order valence-electron chi connectivity index (χ3n) is 2.94. The molecule has 0 saturated carbocycles. The first-order valence-corrected chi connectivity index (χ1v) is 8.80. The third kappa shape index (κ3) is 4.62. The number of sulfonamides is 1. The van der Waals surface area contributed by atoms with Gasteiger partial charge in [0, 0.05) is 11.3 Å². The number of carboxylic acids is 1. The number of carboxylic acid groups (broad SMARTS) is 1. The Morgan fingerprint density at radius 2 is 2.05 bits per heavy atom. The second-order valence-electron chi connectivity index (χ2n) is 4.96. The third-order valence-corrected chi connectivity index (χ3v) is 5.63. The van der Waals surface area contributed by atoms with E-state index in [1.54, 1.807) is 11.8 Å². The van der Waals surface area contributed by atoms with Gasteiger partial charge in [-0.05, 0) is 38.3 Å². The van der Waals surface area contributed by atoms with Crippen molar-refractivity contribution < 1.29 is 23.1 Å². The Hall–Kier alpha value is -1.25. The normalized spacial score (nSPS) is 12.2. The lowest BCUT2D eigenvalue weighted by molar-refractivity contribution is 0.0696. The molecule has 0 aromatic heterocycles. The molecule has 0 amide bonds. The Bertz CT molecular complexity index is 625. The van der Waals surface area contributed by atoms with Crippen LogP contribution in [0.25, 0.3) is 0 Å². The first-order valence-electron chi connectivity index (χ1n) is 6.09. The lowest BCUT2D eigenvalue weighted by Gasteiger charge is -2.22. The number of methoxy groups -OCH3 is 1. The number of ether oxygens (including phenoxy) is 1. The highest BCUT2D eigenvalue weighted by atomic mass is 32.2. The van der Waals surface area contributed by atoms with Crippen molar-refractivity contribution in [3.05, 3.63) is 23.8 Å². The van der Waals surface area contributed by atoms with Gasteiger partial charge in [-0.1, -0.05) is 0 Å². The molecule has 0 bridgehead atoms. The van der Waals surface area contributed by atoms with Crippen molar-refractivity contribution in [2.75, 3.05) is 19.9 Å². The predicted octanol–water partition coefficient (Wildman–Crippen LogP) is 1.81. The number of hydrogen-bond donors (Lipinski definition) is 2. The van der Waals surface area contributed by atoms with Crippen LogP contribution in [0.2, 0.25) is 0 Å². The number of benzene rings is 1. The van der Waals surface area contributed by atoms with Gasteiger partial charge in [-0.25, -0.2) is 17.9 Å². The smallest absolute Gasteiger partial charge is 0.335 e. The highest BCUT2D eigenvalue weighted by Gasteiger charge is 2.24. The fourth-order valence-electron chi connectivity index (χ4n) is 1.44. The molecule has 1 rings (SSSR count). The maximum atomic E-state index is 12.3. The summed E-state index contributed by atoms with van der Waals surface area (Å²) in [6.07, 6.45) is 1.90. The van der Waals surface area contributed by atoms with Crippen LogP contribution in [0, 0.1) is 0 Å². The number of nitrogens with one attached hydrogen (secondary N) is 1. The van der Waals surface area contributed by atoms with Crippen molar-refractivity contribution in [3.8, 4) is 5.75 Å². The van der Waals surface area contributed by atoms with Crippen molar-refractivity contribution in [3.63, 3.8) is 0 Å². The summed E-state index contributed by atoms with van der Waals surface area (Å²) in [5, 5.41) is 8.92. The fraction of sp³-hybridized carbons (Fsp3) is 0.462. The van der Waals surface area contributed by atoms with E-state index in [0.717, 1.165) is 0 Å². The molecule has 1 aromatic rings. The van der Waals surface area contributed by atoms with E-state index < -0.39 is 16.0 Å². The van der Waals surface area contributed by atoms with Gasteiger partial charge in [0.1, 0.15) is 10.6 Å². The molecule has 0 spiro atoms. The summed E-state index contributed by atoms with van der Waals surface area (Å²) in [7, 11) is -2.47. The van der Waals surface area contributed by atoms with Gasteiger partial charge in [0.25, 0.3) is 0 Å². The molecular formula is C13H19NO5S2. The number of carbonyl (C=O) groups is 1. The van der Waals surface area contributed by atoms with Crippen LogP contribution < -0.4 is 9.46 Å². The lowest BCUT2D eigenvalue weighted by Crippen LogP contribution is -2.36. The first-order chi connectivity index (χ1) is 9.63. The molecule has 1 aromatic carbocycles. The zero-order valence-electron chi connectivity index (χ0n) is 12.3. The van der Waals surface area contributed by atoms with Gasteiger partial charge < -0.3 is 9.84 Å². The fourth-order valence-corrected chi connectivity index (χ4v) is 3.11. The van der Waals surface area contributed by atoms with E-state index >= 15 is 0 Å². The molecule has 0 saturated heterocycles. The van der Waals surface area contributed by atoms with Crippen LogP contribution >= 0.6 is 11.8 Å². The van der Waals surface area contributed by atoms with Crippen LogP contribution in [-0.2, 0) is 10.0 Å². The number of thioether (sulfide) groups is 1. The van der Waals surface area contributed by atoms with Crippen LogP contribution in [0.3, 0.4) is 0 Å². The first kappa shape index (κ1) is 17.8. The van der Waals surface area contributed by atoms with Gasteiger partial charge in [-0.15, -0.1) is 0 Å². The van der Waals surface area contributed by atoms with Crippen LogP contribution in [0.15, 0.2) is 23.1 Å². The minimum Gasteiger partial charge on any atom is -0.495 e. The van der Waals surface area contributed by atoms with Crippen molar-refractivity contribution >= 4 is 27.8 Å². The minimum absolute atomic E-state index is 0.00403. The Balaban J connectivity index is 3.11. The molecule has 0 aliphatic heterocycles. The molecule has 0 aliphatic rings. The maximum Gasteiger partial charge on any atom is 0.335 e. The largest absolute Gasteiger partial charge is 0.495 e. The van der Waals surface area contributed by atoms with Crippen LogP contribution in [0.5, 0.6) is 5.75 Å². The summed E-state index contributed by atoms with van der Waals surface area (Å²) in [4.78, 5) is 10.8. The summed E-state index contributed by atoms with van der Waals surface area (Å²) < 4.78 is 31.9. The predicted molar refractivity (Wildman–Crippen MR) is 82.7 cm³/mol.